The Hall–Kier alpha value is -3.08. The molecule has 5 nitrogen and oxygen atoms in total. The monoisotopic (exact) mass is 349 g/mol. The van der Waals surface area contributed by atoms with Gasteiger partial charge in [-0.3, -0.25) is 15.0 Å². The Labute approximate surface area is 153 Å². The number of nitrogens with one attached hydrogen (secondary N) is 1. The fourth-order valence-corrected chi connectivity index (χ4v) is 3.04. The first-order valence-electron chi connectivity index (χ1n) is 8.50. The van der Waals surface area contributed by atoms with Gasteiger partial charge < -0.3 is 4.90 Å². The van der Waals surface area contributed by atoms with Gasteiger partial charge in [0, 0.05) is 19.8 Å². The first-order valence-corrected chi connectivity index (χ1v) is 8.50. The van der Waals surface area contributed by atoms with Crippen LogP contribution in [0, 0.1) is 20.8 Å². The third-order valence-electron chi connectivity index (χ3n) is 4.65. The molecule has 1 saturated heterocycles. The van der Waals surface area contributed by atoms with Gasteiger partial charge in [0.15, 0.2) is 0 Å². The molecule has 3 rings (SSSR count). The molecule has 5 heteroatoms. The molecule has 0 spiro atoms. The maximum atomic E-state index is 12.7. The van der Waals surface area contributed by atoms with E-state index >= 15 is 0 Å². The Morgan fingerprint density at radius 2 is 1.65 bits per heavy atom. The van der Waals surface area contributed by atoms with Crippen molar-refractivity contribution < 1.29 is 9.59 Å². The van der Waals surface area contributed by atoms with Gasteiger partial charge in [0.05, 0.1) is 5.69 Å². The second kappa shape index (κ2) is 6.67. The quantitative estimate of drug-likeness (QED) is 0.684. The van der Waals surface area contributed by atoms with Crippen LogP contribution in [0.1, 0.15) is 22.3 Å². The minimum atomic E-state index is -0.387. The predicted molar refractivity (Wildman–Crippen MR) is 105 cm³/mol. The molecule has 1 fully saturated rings. The standard InChI is InChI=1S/C21H23N3O2/c1-13-6-8-17(11-14(13)2)24-21(26)18(20(25)22-24)12-16-7-9-19(23(4)5)15(3)10-16/h6-12H,1-5H3,(H,22,25)/b18-12+. The normalized spacial score (nSPS) is 15.6. The number of hydrazine groups is 1. The maximum absolute atomic E-state index is 12.7. The molecule has 0 saturated carbocycles. The van der Waals surface area contributed by atoms with Crippen LogP contribution in [0.3, 0.4) is 0 Å². The Bertz CT molecular complexity index is 929. The molecule has 1 N–H and O–H groups in total. The largest absolute Gasteiger partial charge is 0.377 e. The van der Waals surface area contributed by atoms with Crippen molar-refractivity contribution in [2.24, 2.45) is 0 Å². The summed E-state index contributed by atoms with van der Waals surface area (Å²) in [6.07, 6.45) is 1.64. The van der Waals surface area contributed by atoms with E-state index < -0.39 is 0 Å². The van der Waals surface area contributed by atoms with Gasteiger partial charge in [-0.25, -0.2) is 5.01 Å². The number of benzene rings is 2. The molecule has 0 aliphatic carbocycles. The van der Waals surface area contributed by atoms with E-state index in [4.69, 9.17) is 0 Å². The number of aryl methyl sites for hydroxylation is 3. The molecule has 26 heavy (non-hydrogen) atoms. The van der Waals surface area contributed by atoms with E-state index in [1.54, 1.807) is 6.08 Å². The average molecular weight is 349 g/mol. The van der Waals surface area contributed by atoms with Gasteiger partial charge in [-0.1, -0.05) is 12.1 Å². The summed E-state index contributed by atoms with van der Waals surface area (Å²) in [4.78, 5) is 27.1. The van der Waals surface area contributed by atoms with Crippen LogP contribution in [0.15, 0.2) is 42.0 Å². The highest BCUT2D eigenvalue weighted by atomic mass is 16.2. The number of nitrogens with zero attached hydrogens (tertiary/aromatic N) is 2. The highest BCUT2D eigenvalue weighted by Gasteiger charge is 2.34. The zero-order chi connectivity index (χ0) is 19.0. The highest BCUT2D eigenvalue weighted by molar-refractivity contribution is 6.31. The zero-order valence-electron chi connectivity index (χ0n) is 15.8. The average Bonchev–Trinajstić information content (AvgIpc) is 2.85. The lowest BCUT2D eigenvalue weighted by Crippen LogP contribution is -2.35. The van der Waals surface area contributed by atoms with Gasteiger partial charge >= 0.3 is 0 Å². The van der Waals surface area contributed by atoms with Gasteiger partial charge in [-0.05, 0) is 73.4 Å². The van der Waals surface area contributed by atoms with Crippen molar-refractivity contribution in [1.82, 2.24) is 5.43 Å². The summed E-state index contributed by atoms with van der Waals surface area (Å²) in [5.41, 5.74) is 8.67. The maximum Gasteiger partial charge on any atom is 0.282 e. The molecule has 2 aromatic rings. The van der Waals surface area contributed by atoms with Crippen molar-refractivity contribution in [1.29, 1.82) is 0 Å². The summed E-state index contributed by atoms with van der Waals surface area (Å²) < 4.78 is 0. The van der Waals surface area contributed by atoms with E-state index in [0.717, 1.165) is 27.9 Å². The molecule has 1 aliphatic heterocycles. The lowest BCUT2D eigenvalue weighted by Gasteiger charge is -2.16. The SMILES string of the molecule is Cc1ccc(N2NC(=O)/C(=C\c3ccc(N(C)C)c(C)c3)C2=O)cc1C. The van der Waals surface area contributed by atoms with Crippen LogP contribution in [0.5, 0.6) is 0 Å². The number of hydrogen-bond donors (Lipinski definition) is 1. The lowest BCUT2D eigenvalue weighted by atomic mass is 10.1. The van der Waals surface area contributed by atoms with Gasteiger partial charge in [-0.15, -0.1) is 0 Å². The van der Waals surface area contributed by atoms with Gasteiger partial charge in [0.25, 0.3) is 11.8 Å². The molecule has 2 aromatic carbocycles. The van der Waals surface area contributed by atoms with Crippen LogP contribution >= 0.6 is 0 Å². The fraction of sp³-hybridized carbons (Fsp3) is 0.238. The van der Waals surface area contributed by atoms with Crippen LogP contribution in [-0.4, -0.2) is 25.9 Å². The Morgan fingerprint density at radius 3 is 2.27 bits per heavy atom. The smallest absolute Gasteiger partial charge is 0.282 e. The second-order valence-electron chi connectivity index (χ2n) is 6.85. The first kappa shape index (κ1) is 17.7. The van der Waals surface area contributed by atoms with Crippen LogP contribution in [0.25, 0.3) is 6.08 Å². The fourth-order valence-electron chi connectivity index (χ4n) is 3.04. The van der Waals surface area contributed by atoms with E-state index in [1.807, 2.05) is 76.2 Å². The minimum Gasteiger partial charge on any atom is -0.377 e. The number of amides is 2. The van der Waals surface area contributed by atoms with Gasteiger partial charge in [-0.2, -0.15) is 0 Å². The van der Waals surface area contributed by atoms with Gasteiger partial charge in [0.1, 0.15) is 5.57 Å². The van der Waals surface area contributed by atoms with Crippen molar-refractivity contribution >= 4 is 29.3 Å². The van der Waals surface area contributed by atoms with E-state index in [1.165, 1.54) is 5.01 Å². The molecule has 134 valence electrons. The summed E-state index contributed by atoms with van der Waals surface area (Å²) in [7, 11) is 3.96. The van der Waals surface area contributed by atoms with Crippen molar-refractivity contribution in [3.05, 3.63) is 64.2 Å². The minimum absolute atomic E-state index is 0.139. The third kappa shape index (κ3) is 3.20. The number of carbonyl (C=O) groups is 2. The van der Waals surface area contributed by atoms with Crippen molar-refractivity contribution in [3.63, 3.8) is 0 Å². The molecule has 0 radical (unpaired) electrons. The zero-order valence-corrected chi connectivity index (χ0v) is 15.8. The molecular formula is C21H23N3O2. The number of hydrogen-bond acceptors (Lipinski definition) is 3. The molecule has 1 heterocycles. The molecule has 0 atom stereocenters. The Kier molecular flexibility index (Phi) is 4.55. The lowest BCUT2D eigenvalue weighted by molar-refractivity contribution is -0.117. The number of carbonyl (C=O) groups excluding carboxylic acids is 2. The summed E-state index contributed by atoms with van der Waals surface area (Å²) in [6, 6.07) is 11.5. The topological polar surface area (TPSA) is 52.7 Å². The summed E-state index contributed by atoms with van der Waals surface area (Å²) >= 11 is 0. The van der Waals surface area contributed by atoms with Crippen molar-refractivity contribution in [2.75, 3.05) is 24.0 Å². The Morgan fingerprint density at radius 1 is 0.923 bits per heavy atom. The van der Waals surface area contributed by atoms with Crippen molar-refractivity contribution in [2.45, 2.75) is 20.8 Å². The third-order valence-corrected chi connectivity index (χ3v) is 4.65. The molecule has 1 aliphatic rings. The van der Waals surface area contributed by atoms with Crippen LogP contribution in [-0.2, 0) is 9.59 Å². The van der Waals surface area contributed by atoms with E-state index in [-0.39, 0.29) is 17.4 Å². The van der Waals surface area contributed by atoms with Crippen LogP contribution < -0.4 is 15.3 Å². The summed E-state index contributed by atoms with van der Waals surface area (Å²) in [6.45, 7) is 6.00. The predicted octanol–water partition coefficient (Wildman–Crippen LogP) is 3.14. The molecule has 0 aromatic heterocycles. The number of rotatable bonds is 3. The van der Waals surface area contributed by atoms with Crippen LogP contribution in [0.4, 0.5) is 11.4 Å². The van der Waals surface area contributed by atoms with Crippen LogP contribution in [0.2, 0.25) is 0 Å². The number of anilines is 2. The molecule has 0 bridgehead atoms. The first-order chi connectivity index (χ1) is 12.3. The van der Waals surface area contributed by atoms with E-state index in [2.05, 4.69) is 5.43 Å². The van der Waals surface area contributed by atoms with Crippen molar-refractivity contribution in [3.8, 4) is 0 Å². The highest BCUT2D eigenvalue weighted by Crippen LogP contribution is 2.25. The molecule has 2 amide bonds. The summed E-state index contributed by atoms with van der Waals surface area (Å²) in [5, 5.41) is 1.31. The second-order valence-corrected chi connectivity index (χ2v) is 6.85. The van der Waals surface area contributed by atoms with E-state index in [9.17, 15) is 9.59 Å². The molecular weight excluding hydrogens is 326 g/mol. The molecule has 0 unspecified atom stereocenters. The Balaban J connectivity index is 1.92. The van der Waals surface area contributed by atoms with Gasteiger partial charge in [0.2, 0.25) is 0 Å². The van der Waals surface area contributed by atoms with E-state index in [0.29, 0.717) is 5.69 Å². The summed E-state index contributed by atoms with van der Waals surface area (Å²) in [5.74, 6) is -0.727.